The highest BCUT2D eigenvalue weighted by Gasteiger charge is 2.16. The zero-order valence-electron chi connectivity index (χ0n) is 15.0. The molecule has 0 saturated carbocycles. The van der Waals surface area contributed by atoms with Crippen LogP contribution in [-0.4, -0.2) is 35.1 Å². The summed E-state index contributed by atoms with van der Waals surface area (Å²) >= 11 is 0. The van der Waals surface area contributed by atoms with Gasteiger partial charge in [-0.1, -0.05) is 6.07 Å². The predicted octanol–water partition coefficient (Wildman–Crippen LogP) is 4.22. The molecule has 1 aromatic carbocycles. The highest BCUT2D eigenvalue weighted by molar-refractivity contribution is 5.97. The van der Waals surface area contributed by atoms with Crippen LogP contribution >= 0.6 is 0 Å². The fourth-order valence-corrected chi connectivity index (χ4v) is 3.50. The first-order valence-electron chi connectivity index (χ1n) is 8.98. The quantitative estimate of drug-likeness (QED) is 0.476. The number of fused-ring (bicyclic) bond motifs is 2. The molecule has 0 aliphatic rings. The summed E-state index contributed by atoms with van der Waals surface area (Å²) < 4.78 is 5.23. The van der Waals surface area contributed by atoms with Crippen molar-refractivity contribution in [2.24, 2.45) is 0 Å². The summed E-state index contributed by atoms with van der Waals surface area (Å²) in [6.45, 7) is 0. The largest absolute Gasteiger partial charge is 0.472 e. The molecular formula is C21H13N7O. The minimum Gasteiger partial charge on any atom is -0.472 e. The van der Waals surface area contributed by atoms with Gasteiger partial charge in [0.05, 0.1) is 23.6 Å². The number of hydrogen-bond donors (Lipinski definition) is 2. The van der Waals surface area contributed by atoms with Gasteiger partial charge in [0.2, 0.25) is 0 Å². The summed E-state index contributed by atoms with van der Waals surface area (Å²) in [4.78, 5) is 20.7. The molecule has 0 bridgehead atoms. The van der Waals surface area contributed by atoms with Gasteiger partial charge in [0, 0.05) is 40.7 Å². The summed E-state index contributed by atoms with van der Waals surface area (Å²) in [7, 11) is 0. The molecule has 138 valence electrons. The van der Waals surface area contributed by atoms with E-state index in [1.54, 1.807) is 31.1 Å². The van der Waals surface area contributed by atoms with E-state index < -0.39 is 0 Å². The molecule has 8 heteroatoms. The fourth-order valence-electron chi connectivity index (χ4n) is 3.50. The van der Waals surface area contributed by atoms with E-state index in [0.717, 1.165) is 44.4 Å². The molecule has 0 saturated heterocycles. The van der Waals surface area contributed by atoms with Gasteiger partial charge < -0.3 is 9.40 Å². The topological polar surface area (TPSA) is 109 Å². The number of nitrogens with one attached hydrogen (secondary N) is 2. The summed E-state index contributed by atoms with van der Waals surface area (Å²) in [6, 6.07) is 9.91. The number of H-pyrrole nitrogens is 2. The van der Waals surface area contributed by atoms with Crippen LogP contribution in [0.3, 0.4) is 0 Å². The Morgan fingerprint density at radius 3 is 2.72 bits per heavy atom. The van der Waals surface area contributed by atoms with E-state index in [9.17, 15) is 0 Å². The lowest BCUT2D eigenvalue weighted by molar-refractivity contribution is 0.568. The van der Waals surface area contributed by atoms with Gasteiger partial charge >= 0.3 is 0 Å². The Morgan fingerprint density at radius 1 is 0.931 bits per heavy atom. The van der Waals surface area contributed by atoms with Crippen LogP contribution in [0.1, 0.15) is 0 Å². The first kappa shape index (κ1) is 15.7. The van der Waals surface area contributed by atoms with Crippen LogP contribution in [-0.2, 0) is 0 Å². The standard InChI is InChI=1S/C21H13N7O/c1-2-17-16(7-12(1)14-8-22-11-23-9-14)19(28-27-17)21-25-18-15(13-4-6-29-10-13)3-5-24-20(18)26-21/h1-11H,(H,27,28)(H,24,25,26). The van der Waals surface area contributed by atoms with Gasteiger partial charge in [-0.2, -0.15) is 5.10 Å². The second-order valence-electron chi connectivity index (χ2n) is 6.61. The Labute approximate surface area is 163 Å². The lowest BCUT2D eigenvalue weighted by Gasteiger charge is -2.01. The van der Waals surface area contributed by atoms with E-state index in [1.807, 2.05) is 24.3 Å². The fraction of sp³-hybridized carbons (Fsp3) is 0. The van der Waals surface area contributed by atoms with Crippen LogP contribution in [0.25, 0.3) is 55.8 Å². The van der Waals surface area contributed by atoms with E-state index in [-0.39, 0.29) is 0 Å². The van der Waals surface area contributed by atoms with Crippen molar-refractivity contribution in [3.63, 3.8) is 0 Å². The van der Waals surface area contributed by atoms with Crippen molar-refractivity contribution in [2.45, 2.75) is 0 Å². The Balaban J connectivity index is 1.53. The summed E-state index contributed by atoms with van der Waals surface area (Å²) in [5, 5.41) is 8.52. The van der Waals surface area contributed by atoms with E-state index in [1.165, 1.54) is 6.33 Å². The van der Waals surface area contributed by atoms with Gasteiger partial charge in [-0.15, -0.1) is 0 Å². The van der Waals surface area contributed by atoms with E-state index in [2.05, 4.69) is 41.2 Å². The number of imidazole rings is 1. The maximum absolute atomic E-state index is 5.23. The molecule has 8 nitrogen and oxygen atoms in total. The highest BCUT2D eigenvalue weighted by atomic mass is 16.3. The lowest BCUT2D eigenvalue weighted by atomic mass is 10.1. The molecule has 0 amide bonds. The van der Waals surface area contributed by atoms with Crippen molar-refractivity contribution in [1.29, 1.82) is 0 Å². The number of aromatic amines is 2. The van der Waals surface area contributed by atoms with Crippen molar-refractivity contribution in [1.82, 2.24) is 35.1 Å². The molecule has 2 N–H and O–H groups in total. The van der Waals surface area contributed by atoms with Crippen molar-refractivity contribution in [2.75, 3.05) is 0 Å². The number of furan rings is 1. The third-order valence-electron chi connectivity index (χ3n) is 4.91. The van der Waals surface area contributed by atoms with Gasteiger partial charge in [0.1, 0.15) is 12.0 Å². The summed E-state index contributed by atoms with van der Waals surface area (Å²) in [5.74, 6) is 0.649. The molecule has 0 fully saturated rings. The Morgan fingerprint density at radius 2 is 1.86 bits per heavy atom. The van der Waals surface area contributed by atoms with Crippen LogP contribution in [0, 0.1) is 0 Å². The number of aromatic nitrogens is 7. The number of nitrogens with zero attached hydrogens (tertiary/aromatic N) is 5. The molecule has 0 unspecified atom stereocenters. The normalized spacial score (nSPS) is 11.4. The molecule has 6 aromatic rings. The lowest BCUT2D eigenvalue weighted by Crippen LogP contribution is -1.84. The summed E-state index contributed by atoms with van der Waals surface area (Å²) in [5.41, 5.74) is 7.01. The third-order valence-corrected chi connectivity index (χ3v) is 4.91. The molecule has 5 aromatic heterocycles. The molecule has 0 aliphatic carbocycles. The average molecular weight is 379 g/mol. The first-order chi connectivity index (χ1) is 14.4. The zero-order chi connectivity index (χ0) is 19.2. The minimum atomic E-state index is 0.627. The number of benzene rings is 1. The van der Waals surface area contributed by atoms with E-state index in [4.69, 9.17) is 4.42 Å². The molecular weight excluding hydrogens is 366 g/mol. The molecule has 0 radical (unpaired) electrons. The average Bonchev–Trinajstić information content (AvgIpc) is 3.52. The maximum Gasteiger partial charge on any atom is 0.178 e. The van der Waals surface area contributed by atoms with Gasteiger partial charge in [-0.05, 0) is 29.8 Å². The third kappa shape index (κ3) is 2.50. The molecule has 0 atom stereocenters. The van der Waals surface area contributed by atoms with Crippen molar-refractivity contribution >= 4 is 22.1 Å². The zero-order valence-corrected chi connectivity index (χ0v) is 15.0. The van der Waals surface area contributed by atoms with Crippen LogP contribution in [0.15, 0.2) is 72.2 Å². The van der Waals surface area contributed by atoms with Crippen molar-refractivity contribution in [3.8, 4) is 33.8 Å². The second-order valence-corrected chi connectivity index (χ2v) is 6.61. The van der Waals surface area contributed by atoms with Crippen molar-refractivity contribution < 1.29 is 4.42 Å². The smallest absolute Gasteiger partial charge is 0.178 e. The number of pyridine rings is 1. The van der Waals surface area contributed by atoms with Gasteiger partial charge in [0.25, 0.3) is 0 Å². The van der Waals surface area contributed by atoms with Crippen LogP contribution < -0.4 is 0 Å². The van der Waals surface area contributed by atoms with Crippen molar-refractivity contribution in [3.05, 3.63) is 67.8 Å². The Hall–Kier alpha value is -4.33. The Kier molecular flexibility index (Phi) is 3.30. The van der Waals surface area contributed by atoms with Gasteiger partial charge in [-0.25, -0.2) is 19.9 Å². The molecule has 5 heterocycles. The van der Waals surface area contributed by atoms with Crippen LogP contribution in [0.4, 0.5) is 0 Å². The molecule has 0 aliphatic heterocycles. The van der Waals surface area contributed by atoms with Gasteiger partial charge in [-0.3, -0.25) is 5.10 Å². The number of hydrogen-bond acceptors (Lipinski definition) is 6. The summed E-state index contributed by atoms with van der Waals surface area (Å²) in [6.07, 6.45) is 10.2. The van der Waals surface area contributed by atoms with E-state index in [0.29, 0.717) is 11.5 Å². The highest BCUT2D eigenvalue weighted by Crippen LogP contribution is 2.32. The number of rotatable bonds is 3. The van der Waals surface area contributed by atoms with Crippen LogP contribution in [0.5, 0.6) is 0 Å². The molecule has 0 spiro atoms. The predicted molar refractivity (Wildman–Crippen MR) is 108 cm³/mol. The van der Waals surface area contributed by atoms with Crippen LogP contribution in [0.2, 0.25) is 0 Å². The van der Waals surface area contributed by atoms with Gasteiger partial charge in [0.15, 0.2) is 11.5 Å². The minimum absolute atomic E-state index is 0.627. The second kappa shape index (κ2) is 6.10. The SMILES string of the molecule is c1ncc(-c2ccc3[nH]nc(-c4nc5nccc(-c6ccoc6)c5[nH]4)c3c2)cn1. The van der Waals surface area contributed by atoms with E-state index >= 15 is 0 Å². The first-order valence-corrected chi connectivity index (χ1v) is 8.98. The Bertz CT molecular complexity index is 1450. The molecule has 6 rings (SSSR count). The maximum atomic E-state index is 5.23. The monoisotopic (exact) mass is 379 g/mol. The molecule has 29 heavy (non-hydrogen) atoms.